The summed E-state index contributed by atoms with van der Waals surface area (Å²) in [4.78, 5) is 27.3. The van der Waals surface area contributed by atoms with E-state index in [2.05, 4.69) is 29.6 Å². The van der Waals surface area contributed by atoms with Crippen LogP contribution in [0.2, 0.25) is 0 Å². The van der Waals surface area contributed by atoms with Crippen LogP contribution in [0.4, 0.5) is 0 Å². The minimum atomic E-state index is -0.00570. The van der Waals surface area contributed by atoms with E-state index in [-0.39, 0.29) is 23.1 Å². The second-order valence-corrected chi connectivity index (χ2v) is 9.14. The minimum Gasteiger partial charge on any atom is -0.493 e. The van der Waals surface area contributed by atoms with Gasteiger partial charge >= 0.3 is 0 Å². The minimum absolute atomic E-state index is 0.00570. The van der Waals surface area contributed by atoms with E-state index in [4.69, 9.17) is 4.74 Å². The number of hydrogen-bond donors (Lipinski definition) is 1. The van der Waals surface area contributed by atoms with E-state index in [1.165, 1.54) is 18.4 Å². The largest absolute Gasteiger partial charge is 0.493 e. The predicted molar refractivity (Wildman–Crippen MR) is 125 cm³/mol. The van der Waals surface area contributed by atoms with Crippen LogP contribution < -0.4 is 10.1 Å². The first-order valence-corrected chi connectivity index (χ1v) is 12.0. The van der Waals surface area contributed by atoms with Crippen molar-refractivity contribution in [2.24, 2.45) is 5.92 Å². The molecule has 1 aliphatic carbocycles. The van der Waals surface area contributed by atoms with Gasteiger partial charge in [0.05, 0.1) is 13.0 Å². The zero-order chi connectivity index (χ0) is 22.2. The molecule has 0 aromatic heterocycles. The van der Waals surface area contributed by atoms with Gasteiger partial charge in [-0.05, 0) is 43.4 Å². The summed E-state index contributed by atoms with van der Waals surface area (Å²) >= 11 is 0. The van der Waals surface area contributed by atoms with Crippen molar-refractivity contribution in [2.45, 2.75) is 50.4 Å². The van der Waals surface area contributed by atoms with Crippen LogP contribution in [0, 0.1) is 5.92 Å². The molecule has 2 fully saturated rings. The molecule has 1 saturated carbocycles. The van der Waals surface area contributed by atoms with Gasteiger partial charge in [0.25, 0.3) is 0 Å². The monoisotopic (exact) mass is 434 g/mol. The lowest BCUT2D eigenvalue weighted by Gasteiger charge is -2.33. The van der Waals surface area contributed by atoms with Crippen LogP contribution in [0.5, 0.6) is 5.75 Å². The van der Waals surface area contributed by atoms with Gasteiger partial charge in [0.1, 0.15) is 5.75 Å². The van der Waals surface area contributed by atoms with Gasteiger partial charge in [-0.2, -0.15) is 0 Å². The number of amides is 2. The van der Waals surface area contributed by atoms with Crippen molar-refractivity contribution in [3.05, 3.63) is 66.2 Å². The van der Waals surface area contributed by atoms with E-state index in [0.717, 1.165) is 31.4 Å². The van der Waals surface area contributed by atoms with Crippen LogP contribution >= 0.6 is 0 Å². The molecule has 5 heteroatoms. The number of nitrogens with zero attached hydrogens (tertiary/aromatic N) is 1. The quantitative estimate of drug-likeness (QED) is 0.673. The highest BCUT2D eigenvalue weighted by atomic mass is 16.5. The highest BCUT2D eigenvalue weighted by Crippen LogP contribution is 2.40. The Labute approximate surface area is 191 Å². The van der Waals surface area contributed by atoms with Gasteiger partial charge in [0, 0.05) is 31.0 Å². The summed E-state index contributed by atoms with van der Waals surface area (Å²) in [6, 6.07) is 20.2. The number of para-hydroxylation sites is 1. The van der Waals surface area contributed by atoms with Crippen molar-refractivity contribution < 1.29 is 14.3 Å². The number of carbonyl (C=O) groups excluding carboxylic acids is 2. The van der Waals surface area contributed by atoms with E-state index in [1.54, 1.807) is 0 Å². The number of likely N-dealkylation sites (tertiary alicyclic amines) is 1. The molecule has 2 aliphatic rings. The van der Waals surface area contributed by atoms with Gasteiger partial charge < -0.3 is 15.0 Å². The molecule has 2 amide bonds. The van der Waals surface area contributed by atoms with E-state index < -0.39 is 0 Å². The van der Waals surface area contributed by atoms with Gasteiger partial charge in [-0.1, -0.05) is 61.4 Å². The van der Waals surface area contributed by atoms with Crippen molar-refractivity contribution in [2.75, 3.05) is 26.2 Å². The van der Waals surface area contributed by atoms with Crippen LogP contribution in [-0.4, -0.2) is 43.0 Å². The molecule has 1 aliphatic heterocycles. The molecule has 1 N–H and O–H groups in total. The molecule has 0 spiro atoms. The van der Waals surface area contributed by atoms with Crippen molar-refractivity contribution in [3.8, 4) is 5.75 Å². The summed E-state index contributed by atoms with van der Waals surface area (Å²) in [7, 11) is 0. The normalized spacial score (nSPS) is 18.3. The average molecular weight is 435 g/mol. The molecular weight excluding hydrogens is 400 g/mol. The molecule has 0 atom stereocenters. The molecule has 0 radical (unpaired) electrons. The van der Waals surface area contributed by atoms with Crippen molar-refractivity contribution in [1.29, 1.82) is 0 Å². The zero-order valence-electron chi connectivity index (χ0n) is 18.8. The third-order valence-electron chi connectivity index (χ3n) is 7.09. The van der Waals surface area contributed by atoms with E-state index in [9.17, 15) is 9.59 Å². The van der Waals surface area contributed by atoms with Crippen LogP contribution in [-0.2, 0) is 15.0 Å². The summed E-state index contributed by atoms with van der Waals surface area (Å²) < 4.78 is 5.64. The molecule has 5 nitrogen and oxygen atoms in total. The molecule has 2 aromatic rings. The van der Waals surface area contributed by atoms with Crippen molar-refractivity contribution in [1.82, 2.24) is 10.2 Å². The van der Waals surface area contributed by atoms with E-state index in [1.807, 2.05) is 41.3 Å². The smallest absolute Gasteiger partial charge is 0.225 e. The highest BCUT2D eigenvalue weighted by Gasteiger charge is 2.36. The SMILES string of the molecule is O=C(NCC1(c2ccccc2)CCCC1)C1CCN(C(=O)CCOc2ccccc2)CC1. The first kappa shape index (κ1) is 22.4. The number of hydrogen-bond acceptors (Lipinski definition) is 3. The van der Waals surface area contributed by atoms with E-state index >= 15 is 0 Å². The fraction of sp³-hybridized carbons (Fsp3) is 0.481. The standard InChI is InChI=1S/C27H34N2O3/c30-25(15-20-32-24-11-5-2-6-12-24)29-18-13-22(14-19-29)26(31)28-21-27(16-7-8-17-27)23-9-3-1-4-10-23/h1-6,9-12,22H,7-8,13-21H2,(H,28,31). The lowest BCUT2D eigenvalue weighted by atomic mass is 9.78. The second kappa shape index (κ2) is 10.7. The van der Waals surface area contributed by atoms with Gasteiger partial charge in [-0.15, -0.1) is 0 Å². The predicted octanol–water partition coefficient (Wildman–Crippen LogP) is 4.32. The van der Waals surface area contributed by atoms with Crippen LogP contribution in [0.3, 0.4) is 0 Å². The first-order valence-electron chi connectivity index (χ1n) is 12.0. The van der Waals surface area contributed by atoms with E-state index in [0.29, 0.717) is 32.7 Å². The number of benzene rings is 2. The second-order valence-electron chi connectivity index (χ2n) is 9.14. The number of ether oxygens (including phenoxy) is 1. The number of rotatable bonds is 8. The Hall–Kier alpha value is -2.82. The molecule has 0 unspecified atom stereocenters. The van der Waals surface area contributed by atoms with Gasteiger partial charge in [0.2, 0.25) is 11.8 Å². The summed E-state index contributed by atoms with van der Waals surface area (Å²) in [6.45, 7) is 2.38. The highest BCUT2D eigenvalue weighted by molar-refractivity contribution is 5.80. The summed E-state index contributed by atoms with van der Waals surface area (Å²) in [5.41, 5.74) is 1.42. The van der Waals surface area contributed by atoms with Gasteiger partial charge in [-0.3, -0.25) is 9.59 Å². The fourth-order valence-electron chi connectivity index (χ4n) is 5.13. The lowest BCUT2D eigenvalue weighted by Crippen LogP contribution is -2.46. The topological polar surface area (TPSA) is 58.6 Å². The first-order chi connectivity index (χ1) is 15.7. The molecule has 1 saturated heterocycles. The Morgan fingerprint density at radius 2 is 1.56 bits per heavy atom. The fourth-order valence-corrected chi connectivity index (χ4v) is 5.13. The molecule has 0 bridgehead atoms. The Balaban J connectivity index is 1.21. The van der Waals surface area contributed by atoms with Crippen molar-refractivity contribution >= 4 is 11.8 Å². The van der Waals surface area contributed by atoms with Gasteiger partial charge in [-0.25, -0.2) is 0 Å². The summed E-state index contributed by atoms with van der Waals surface area (Å²) in [5.74, 6) is 1.03. The Kier molecular flexibility index (Phi) is 7.46. The van der Waals surface area contributed by atoms with Crippen molar-refractivity contribution in [3.63, 3.8) is 0 Å². The molecule has 4 rings (SSSR count). The van der Waals surface area contributed by atoms with Gasteiger partial charge in [0.15, 0.2) is 0 Å². The number of nitrogens with one attached hydrogen (secondary N) is 1. The third-order valence-corrected chi connectivity index (χ3v) is 7.09. The molecule has 170 valence electrons. The maximum Gasteiger partial charge on any atom is 0.225 e. The Bertz CT molecular complexity index is 870. The number of piperidine rings is 1. The van der Waals surface area contributed by atoms with Crippen LogP contribution in [0.1, 0.15) is 50.5 Å². The summed E-state index contributed by atoms with van der Waals surface area (Å²) in [5, 5.41) is 3.27. The average Bonchev–Trinajstić information content (AvgIpc) is 3.34. The molecule has 32 heavy (non-hydrogen) atoms. The summed E-state index contributed by atoms with van der Waals surface area (Å²) in [6.07, 6.45) is 6.54. The molecular formula is C27H34N2O3. The van der Waals surface area contributed by atoms with Crippen LogP contribution in [0.25, 0.3) is 0 Å². The maximum atomic E-state index is 12.9. The number of carbonyl (C=O) groups is 2. The zero-order valence-corrected chi connectivity index (χ0v) is 18.8. The third kappa shape index (κ3) is 5.50. The molecule has 1 heterocycles. The Morgan fingerprint density at radius 3 is 2.22 bits per heavy atom. The Morgan fingerprint density at radius 1 is 0.938 bits per heavy atom. The lowest BCUT2D eigenvalue weighted by molar-refractivity contribution is -0.136. The van der Waals surface area contributed by atoms with Crippen LogP contribution in [0.15, 0.2) is 60.7 Å². The molecule has 2 aromatic carbocycles. The maximum absolute atomic E-state index is 12.9.